The van der Waals surface area contributed by atoms with Gasteiger partial charge in [-0.25, -0.2) is 0 Å². The first kappa shape index (κ1) is 21.5. The van der Waals surface area contributed by atoms with Crippen molar-refractivity contribution in [2.75, 3.05) is 16.4 Å². The average molecular weight is 468 g/mol. The van der Waals surface area contributed by atoms with E-state index in [1.54, 1.807) is 12.1 Å². The third-order valence-electron chi connectivity index (χ3n) is 5.45. The van der Waals surface area contributed by atoms with Crippen LogP contribution in [0.1, 0.15) is 31.4 Å². The van der Waals surface area contributed by atoms with E-state index in [1.807, 2.05) is 79.7 Å². The van der Waals surface area contributed by atoms with Gasteiger partial charge < -0.3 is 20.8 Å². The lowest BCUT2D eigenvalue weighted by Crippen LogP contribution is -2.15. The van der Waals surface area contributed by atoms with Gasteiger partial charge in [0.05, 0.1) is 11.3 Å². The molecule has 1 amide bonds. The van der Waals surface area contributed by atoms with Gasteiger partial charge in [0.1, 0.15) is 15.5 Å². The van der Waals surface area contributed by atoms with Crippen molar-refractivity contribution in [2.45, 2.75) is 6.92 Å². The minimum absolute atomic E-state index is 0.111. The maximum atomic E-state index is 13.4. The van der Waals surface area contributed by atoms with E-state index in [4.69, 9.17) is 10.2 Å². The third-order valence-corrected chi connectivity index (χ3v) is 6.57. The first-order valence-electron chi connectivity index (χ1n) is 10.7. The van der Waals surface area contributed by atoms with Crippen LogP contribution in [0.5, 0.6) is 0 Å². The summed E-state index contributed by atoms with van der Waals surface area (Å²) in [7, 11) is 0. The fraction of sp³-hybridized carbons (Fsp3) is 0.0370. The normalized spacial score (nSPS) is 10.9. The van der Waals surface area contributed by atoms with Crippen LogP contribution < -0.4 is 16.4 Å². The smallest absolute Gasteiger partial charge is 0.260 e. The molecule has 0 radical (unpaired) electrons. The number of carbonyl (C=O) groups is 2. The van der Waals surface area contributed by atoms with E-state index in [0.717, 1.165) is 28.0 Å². The first-order valence-corrected chi connectivity index (χ1v) is 11.5. The van der Waals surface area contributed by atoms with Crippen LogP contribution >= 0.6 is 11.3 Å². The number of nitrogen functional groups attached to an aromatic ring is 1. The molecule has 4 N–H and O–H groups in total. The lowest BCUT2D eigenvalue weighted by molar-refractivity contribution is 0.101. The zero-order valence-electron chi connectivity index (χ0n) is 18.3. The second kappa shape index (κ2) is 8.88. The molecule has 0 bridgehead atoms. The van der Waals surface area contributed by atoms with Gasteiger partial charge in [0, 0.05) is 16.8 Å². The monoisotopic (exact) mass is 467 g/mol. The van der Waals surface area contributed by atoms with E-state index < -0.39 is 5.91 Å². The number of rotatable bonds is 6. The van der Waals surface area contributed by atoms with Crippen LogP contribution in [0, 0.1) is 6.92 Å². The highest BCUT2D eigenvalue weighted by Gasteiger charge is 2.28. The second-order valence-electron chi connectivity index (χ2n) is 7.79. The standard InChI is InChI=1S/C27H21N3O3S/c1-16-9-5-7-13-19(16)30-26(32)22-23(28)25(34-27(22)29-18-11-3-2-4-12-18)24(31)21-15-17-10-6-8-14-20(17)33-21/h2-15,29H,28H2,1H3,(H,30,32). The summed E-state index contributed by atoms with van der Waals surface area (Å²) >= 11 is 1.13. The number of nitrogens with two attached hydrogens (primary N) is 1. The van der Waals surface area contributed by atoms with E-state index in [-0.39, 0.29) is 27.7 Å². The highest BCUT2D eigenvalue weighted by molar-refractivity contribution is 7.19. The van der Waals surface area contributed by atoms with Gasteiger partial charge in [-0.15, -0.1) is 11.3 Å². The number of hydrogen-bond donors (Lipinski definition) is 3. The molecule has 0 aliphatic rings. The van der Waals surface area contributed by atoms with Crippen molar-refractivity contribution in [1.82, 2.24) is 0 Å². The van der Waals surface area contributed by atoms with Crippen molar-refractivity contribution < 1.29 is 14.0 Å². The summed E-state index contributed by atoms with van der Waals surface area (Å²) in [5, 5.41) is 7.46. The molecule has 168 valence electrons. The Labute approximate surface area is 200 Å². The van der Waals surface area contributed by atoms with Crippen molar-refractivity contribution >= 4 is 56.1 Å². The summed E-state index contributed by atoms with van der Waals surface area (Å²) in [5.74, 6) is -0.596. The summed E-state index contributed by atoms with van der Waals surface area (Å²) in [6.07, 6.45) is 0. The Bertz CT molecular complexity index is 1490. The predicted molar refractivity (Wildman–Crippen MR) is 137 cm³/mol. The van der Waals surface area contributed by atoms with Crippen LogP contribution in [0.4, 0.5) is 22.1 Å². The quantitative estimate of drug-likeness (QED) is 0.244. The van der Waals surface area contributed by atoms with Gasteiger partial charge in [-0.1, -0.05) is 54.6 Å². The Kier molecular flexibility index (Phi) is 5.61. The van der Waals surface area contributed by atoms with Crippen LogP contribution in [0.2, 0.25) is 0 Å². The SMILES string of the molecule is Cc1ccccc1NC(=O)c1c(Nc2ccccc2)sc(C(=O)c2cc3ccccc3o2)c1N. The number of aryl methyl sites for hydroxylation is 1. The van der Waals surface area contributed by atoms with E-state index in [9.17, 15) is 9.59 Å². The lowest BCUT2D eigenvalue weighted by atomic mass is 10.1. The summed E-state index contributed by atoms with van der Waals surface area (Å²) in [5.41, 5.74) is 9.74. The zero-order valence-corrected chi connectivity index (χ0v) is 19.1. The highest BCUT2D eigenvalue weighted by Crippen LogP contribution is 2.40. The number of anilines is 4. The molecule has 5 rings (SSSR count). The number of amides is 1. The molecule has 0 atom stereocenters. The molecular formula is C27H21N3O3S. The molecule has 0 saturated heterocycles. The van der Waals surface area contributed by atoms with Gasteiger partial charge in [0.25, 0.3) is 5.91 Å². The molecular weight excluding hydrogens is 446 g/mol. The van der Waals surface area contributed by atoms with Crippen molar-refractivity contribution in [1.29, 1.82) is 0 Å². The largest absolute Gasteiger partial charge is 0.453 e. The fourth-order valence-corrected chi connectivity index (χ4v) is 4.77. The number of nitrogens with one attached hydrogen (secondary N) is 2. The molecule has 2 heterocycles. The molecule has 2 aromatic heterocycles. The number of hydrogen-bond acceptors (Lipinski definition) is 6. The number of furan rings is 1. The van der Waals surface area contributed by atoms with Crippen LogP contribution in [-0.2, 0) is 0 Å². The minimum Gasteiger partial charge on any atom is -0.453 e. The van der Waals surface area contributed by atoms with Crippen LogP contribution in [0.15, 0.2) is 89.3 Å². The Balaban J connectivity index is 1.56. The number of fused-ring (bicyclic) bond motifs is 1. The number of thiophene rings is 1. The van der Waals surface area contributed by atoms with Gasteiger partial charge in [-0.2, -0.15) is 0 Å². The maximum Gasteiger partial charge on any atom is 0.260 e. The molecule has 0 spiro atoms. The topological polar surface area (TPSA) is 97.4 Å². The summed E-state index contributed by atoms with van der Waals surface area (Å²) in [6, 6.07) is 26.0. The van der Waals surface area contributed by atoms with Crippen molar-refractivity contribution in [3.05, 3.63) is 107 Å². The molecule has 5 aromatic rings. The third kappa shape index (κ3) is 4.04. The van der Waals surface area contributed by atoms with Gasteiger partial charge in [0.15, 0.2) is 5.76 Å². The highest BCUT2D eigenvalue weighted by atomic mass is 32.1. The number of ketones is 1. The summed E-state index contributed by atoms with van der Waals surface area (Å²) in [4.78, 5) is 27.0. The summed E-state index contributed by atoms with van der Waals surface area (Å²) in [6.45, 7) is 1.91. The number of carbonyl (C=O) groups excluding carboxylic acids is 2. The molecule has 0 aliphatic carbocycles. The fourth-order valence-electron chi connectivity index (χ4n) is 3.68. The van der Waals surface area contributed by atoms with Gasteiger partial charge in [-0.05, 0) is 42.8 Å². The molecule has 0 unspecified atom stereocenters. The van der Waals surface area contributed by atoms with Crippen LogP contribution in [-0.4, -0.2) is 11.7 Å². The number of benzene rings is 3. The molecule has 7 heteroatoms. The Morgan fingerprint density at radius 2 is 1.62 bits per heavy atom. The zero-order chi connectivity index (χ0) is 23.7. The molecule has 0 aliphatic heterocycles. The molecule has 6 nitrogen and oxygen atoms in total. The minimum atomic E-state index is -0.398. The lowest BCUT2D eigenvalue weighted by Gasteiger charge is -2.11. The van der Waals surface area contributed by atoms with Gasteiger partial charge >= 0.3 is 0 Å². The molecule has 0 saturated carbocycles. The van der Waals surface area contributed by atoms with E-state index in [1.165, 1.54) is 0 Å². The average Bonchev–Trinajstić information content (AvgIpc) is 3.42. The van der Waals surface area contributed by atoms with Crippen LogP contribution in [0.3, 0.4) is 0 Å². The van der Waals surface area contributed by atoms with Gasteiger partial charge in [-0.3, -0.25) is 9.59 Å². The van der Waals surface area contributed by atoms with Crippen LogP contribution in [0.25, 0.3) is 11.0 Å². The Morgan fingerprint density at radius 1 is 0.912 bits per heavy atom. The molecule has 34 heavy (non-hydrogen) atoms. The van der Waals surface area contributed by atoms with Crippen molar-refractivity contribution in [2.24, 2.45) is 0 Å². The molecule has 3 aromatic carbocycles. The van der Waals surface area contributed by atoms with E-state index >= 15 is 0 Å². The first-order chi connectivity index (χ1) is 16.5. The predicted octanol–water partition coefficient (Wildman–Crippen LogP) is 6.61. The second-order valence-corrected chi connectivity index (χ2v) is 8.81. The van der Waals surface area contributed by atoms with E-state index in [0.29, 0.717) is 16.3 Å². The molecule has 0 fully saturated rings. The Morgan fingerprint density at radius 3 is 2.38 bits per heavy atom. The Hall–Kier alpha value is -4.36. The maximum absolute atomic E-state index is 13.4. The number of para-hydroxylation sites is 3. The van der Waals surface area contributed by atoms with Crippen molar-refractivity contribution in [3.63, 3.8) is 0 Å². The van der Waals surface area contributed by atoms with E-state index in [2.05, 4.69) is 10.6 Å². The van der Waals surface area contributed by atoms with Gasteiger partial charge in [0.2, 0.25) is 5.78 Å². The summed E-state index contributed by atoms with van der Waals surface area (Å²) < 4.78 is 5.76. The van der Waals surface area contributed by atoms with Crippen molar-refractivity contribution in [3.8, 4) is 0 Å².